The maximum absolute atomic E-state index is 13.0. The SMILES string of the molecule is [C-]#[N+]C(C#N)=C1C(c2c3cccc(N(C)C)c3c(N(C)C)c3c(N(C)C)ccc(N)c23)=C(O)/C1=C1\c2cccc(N(C)C)c2C(=[N+](C)C)c2c(N(C)C)ccc(N)c21. The van der Waals surface area contributed by atoms with Crippen LogP contribution in [-0.4, -0.2) is 100.0 Å². The van der Waals surface area contributed by atoms with Crippen molar-refractivity contribution in [1.29, 1.82) is 5.26 Å². The highest BCUT2D eigenvalue weighted by molar-refractivity contribution is 6.31. The molecular weight excluding hydrogens is 721 g/mol. The van der Waals surface area contributed by atoms with Crippen LogP contribution in [0.1, 0.15) is 27.8 Å². The van der Waals surface area contributed by atoms with Gasteiger partial charge >= 0.3 is 0 Å². The summed E-state index contributed by atoms with van der Waals surface area (Å²) >= 11 is 0. The van der Waals surface area contributed by atoms with E-state index in [1.165, 1.54) is 0 Å². The summed E-state index contributed by atoms with van der Waals surface area (Å²) in [6.45, 7) is 8.41. The zero-order valence-corrected chi connectivity index (χ0v) is 35.5. The van der Waals surface area contributed by atoms with Crippen molar-refractivity contribution in [3.05, 3.63) is 123 Å². The molecule has 0 unspecified atom stereocenters. The van der Waals surface area contributed by atoms with Gasteiger partial charge in [-0.05, 0) is 47.3 Å². The molecule has 0 aromatic heterocycles. The van der Waals surface area contributed by atoms with E-state index in [2.05, 4.69) is 52.1 Å². The van der Waals surface area contributed by atoms with Crippen LogP contribution in [0.15, 0.2) is 83.3 Å². The van der Waals surface area contributed by atoms with Gasteiger partial charge in [0.2, 0.25) is 5.71 Å². The molecule has 0 bridgehead atoms. The van der Waals surface area contributed by atoms with Crippen LogP contribution in [0.4, 0.5) is 39.8 Å². The molecule has 5 aromatic rings. The molecule has 294 valence electrons. The van der Waals surface area contributed by atoms with Gasteiger partial charge in [-0.1, -0.05) is 24.3 Å². The summed E-state index contributed by atoms with van der Waals surface area (Å²) < 4.78 is 2.11. The van der Waals surface area contributed by atoms with Gasteiger partial charge in [-0.3, -0.25) is 0 Å². The lowest BCUT2D eigenvalue weighted by Gasteiger charge is -2.37. The van der Waals surface area contributed by atoms with E-state index in [9.17, 15) is 10.4 Å². The molecule has 0 atom stereocenters. The van der Waals surface area contributed by atoms with Gasteiger partial charge in [0, 0.05) is 143 Å². The molecule has 0 spiro atoms. The topological polar surface area (TPSA) is 120 Å². The second kappa shape index (κ2) is 14.1. The fourth-order valence-electron chi connectivity index (χ4n) is 8.94. The minimum Gasteiger partial charge on any atom is -0.507 e. The number of nitrogens with zero attached hydrogens (tertiary/aromatic N) is 8. The van der Waals surface area contributed by atoms with Crippen molar-refractivity contribution in [1.82, 2.24) is 0 Å². The first-order valence-electron chi connectivity index (χ1n) is 19.0. The first-order valence-corrected chi connectivity index (χ1v) is 19.0. The molecule has 11 nitrogen and oxygen atoms in total. The maximum Gasteiger partial charge on any atom is 0.270 e. The minimum atomic E-state index is -0.143. The Bertz CT molecular complexity index is 2820. The minimum absolute atomic E-state index is 0.0402. The molecule has 2 aliphatic rings. The van der Waals surface area contributed by atoms with Gasteiger partial charge in [-0.2, -0.15) is 0 Å². The summed E-state index contributed by atoms with van der Waals surface area (Å²) in [5.74, 6) is -0.0402. The Morgan fingerprint density at radius 1 is 0.621 bits per heavy atom. The van der Waals surface area contributed by atoms with Crippen molar-refractivity contribution < 1.29 is 9.68 Å². The van der Waals surface area contributed by atoms with Crippen molar-refractivity contribution in [2.45, 2.75) is 0 Å². The molecule has 5 N–H and O–H groups in total. The van der Waals surface area contributed by atoms with Crippen LogP contribution in [0.25, 0.3) is 37.5 Å². The van der Waals surface area contributed by atoms with Gasteiger partial charge in [-0.15, -0.1) is 0 Å². The second-order valence-corrected chi connectivity index (χ2v) is 16.1. The van der Waals surface area contributed by atoms with E-state index in [1.807, 2.05) is 133 Å². The number of fused-ring (bicyclic) bond motifs is 4. The molecular formula is C47H51N10O+. The van der Waals surface area contributed by atoms with Crippen molar-refractivity contribution in [2.75, 3.05) is 121 Å². The first kappa shape index (κ1) is 39.1. The fraction of sp³-hybridized carbons (Fsp3) is 0.255. The molecule has 2 aliphatic carbocycles. The predicted molar refractivity (Wildman–Crippen MR) is 245 cm³/mol. The Hall–Kier alpha value is -7.11. The zero-order chi connectivity index (χ0) is 42.2. The molecule has 0 saturated heterocycles. The van der Waals surface area contributed by atoms with Crippen molar-refractivity contribution >= 4 is 78.2 Å². The summed E-state index contributed by atoms with van der Waals surface area (Å²) in [6, 6.07) is 22.2. The number of aliphatic hydroxyl groups is 1. The fourth-order valence-corrected chi connectivity index (χ4v) is 8.94. The largest absolute Gasteiger partial charge is 0.507 e. The molecule has 7 rings (SSSR count). The van der Waals surface area contributed by atoms with Gasteiger partial charge in [0.25, 0.3) is 5.70 Å². The van der Waals surface area contributed by atoms with E-state index in [4.69, 9.17) is 18.0 Å². The number of aliphatic hydroxyl groups excluding tert-OH is 1. The molecule has 0 fully saturated rings. The Kier molecular flexibility index (Phi) is 9.53. The summed E-state index contributed by atoms with van der Waals surface area (Å²) in [4.78, 5) is 14.2. The van der Waals surface area contributed by atoms with Gasteiger partial charge in [0.15, 0.2) is 0 Å². The summed E-state index contributed by atoms with van der Waals surface area (Å²) in [5.41, 5.74) is 26.5. The number of nitriles is 1. The smallest absolute Gasteiger partial charge is 0.270 e. The number of benzene rings is 5. The van der Waals surface area contributed by atoms with Crippen LogP contribution < -0.4 is 36.0 Å². The highest BCUT2D eigenvalue weighted by Crippen LogP contribution is 2.59. The molecule has 0 aliphatic heterocycles. The number of hydrogen-bond acceptors (Lipinski definition) is 9. The Balaban J connectivity index is 1.80. The molecule has 58 heavy (non-hydrogen) atoms. The molecule has 5 aromatic carbocycles. The van der Waals surface area contributed by atoms with Crippen molar-refractivity contribution in [3.8, 4) is 6.07 Å². The third-order valence-corrected chi connectivity index (χ3v) is 11.3. The standard InChI is InChI=1S/C47H50N10O/c1-51-29(24-48)40-43(36-25-16-14-18-30(52(2)3)34(25)45(56(10)11)41-32(54(6)7)22-20-27(49)38(36)41)47(58)44(40)37-26-17-15-19-31(53(4)5)35(26)46(57(12)13)42-33(55(8)9)23-21-28(50)39(37)42/h14-23H,49-50H2,2-13H3/p+1. The van der Waals surface area contributed by atoms with Crippen LogP contribution in [0, 0.1) is 17.9 Å². The lowest BCUT2D eigenvalue weighted by molar-refractivity contribution is -0.463. The Labute approximate surface area is 341 Å². The van der Waals surface area contributed by atoms with Gasteiger partial charge < -0.3 is 41.1 Å². The van der Waals surface area contributed by atoms with Crippen LogP contribution in [0.2, 0.25) is 0 Å². The molecule has 11 heteroatoms. The zero-order valence-electron chi connectivity index (χ0n) is 35.5. The van der Waals surface area contributed by atoms with E-state index in [0.717, 1.165) is 77.9 Å². The molecule has 0 radical (unpaired) electrons. The maximum atomic E-state index is 13.0. The highest BCUT2D eigenvalue weighted by Gasteiger charge is 2.44. The molecule has 0 amide bonds. The van der Waals surface area contributed by atoms with E-state index in [-0.39, 0.29) is 11.5 Å². The van der Waals surface area contributed by atoms with E-state index in [0.29, 0.717) is 39.2 Å². The third kappa shape index (κ3) is 5.49. The number of hydrogen-bond donors (Lipinski definition) is 3. The average molecular weight is 772 g/mol. The van der Waals surface area contributed by atoms with E-state index in [1.54, 1.807) is 0 Å². The number of nitrogens with two attached hydrogens (primary N) is 2. The van der Waals surface area contributed by atoms with E-state index >= 15 is 0 Å². The highest BCUT2D eigenvalue weighted by atomic mass is 16.3. The summed E-state index contributed by atoms with van der Waals surface area (Å²) in [6.07, 6.45) is 0. The third-order valence-electron chi connectivity index (χ3n) is 11.3. The van der Waals surface area contributed by atoms with Crippen molar-refractivity contribution in [3.63, 3.8) is 0 Å². The van der Waals surface area contributed by atoms with Crippen LogP contribution in [0.5, 0.6) is 0 Å². The first-order chi connectivity index (χ1) is 27.5. The number of nitrogen functional groups attached to an aromatic ring is 2. The summed E-state index contributed by atoms with van der Waals surface area (Å²) in [7, 11) is 24.1. The normalized spacial score (nSPS) is 15.3. The lowest BCUT2D eigenvalue weighted by Crippen LogP contribution is -2.30. The Morgan fingerprint density at radius 2 is 1.17 bits per heavy atom. The number of anilines is 7. The van der Waals surface area contributed by atoms with Crippen LogP contribution in [0.3, 0.4) is 0 Å². The van der Waals surface area contributed by atoms with Crippen LogP contribution in [-0.2, 0) is 0 Å². The molecule has 0 heterocycles. The average Bonchev–Trinajstić information content (AvgIpc) is 3.16. The lowest BCUT2D eigenvalue weighted by atomic mass is 9.68. The van der Waals surface area contributed by atoms with Crippen LogP contribution >= 0.6 is 0 Å². The Morgan fingerprint density at radius 3 is 1.74 bits per heavy atom. The van der Waals surface area contributed by atoms with E-state index < -0.39 is 0 Å². The predicted octanol–water partition coefficient (Wildman–Crippen LogP) is 7.39. The quantitative estimate of drug-likeness (QED) is 0.0524. The van der Waals surface area contributed by atoms with Gasteiger partial charge in [0.05, 0.1) is 40.8 Å². The monoisotopic (exact) mass is 771 g/mol. The molecule has 0 saturated carbocycles. The number of rotatable bonds is 6. The van der Waals surface area contributed by atoms with Gasteiger partial charge in [0.1, 0.15) is 19.9 Å². The summed E-state index contributed by atoms with van der Waals surface area (Å²) in [5, 5.41) is 27.2. The number of allylic oxidation sites excluding steroid dienone is 3. The van der Waals surface area contributed by atoms with Crippen molar-refractivity contribution in [2.24, 2.45) is 0 Å². The second-order valence-electron chi connectivity index (χ2n) is 16.1. The van der Waals surface area contributed by atoms with Gasteiger partial charge in [-0.25, -0.2) is 14.7 Å².